The molecule has 2 aromatic rings. The van der Waals surface area contributed by atoms with Gasteiger partial charge in [0.1, 0.15) is 4.83 Å². The van der Waals surface area contributed by atoms with Crippen LogP contribution in [0.5, 0.6) is 0 Å². The Balaban J connectivity index is 1.65. The van der Waals surface area contributed by atoms with Crippen molar-refractivity contribution in [2.24, 2.45) is 0 Å². The number of amides is 2. The van der Waals surface area contributed by atoms with Gasteiger partial charge < -0.3 is 15.0 Å². The first kappa shape index (κ1) is 17.9. The lowest BCUT2D eigenvalue weighted by Crippen LogP contribution is -2.40. The van der Waals surface area contributed by atoms with Crippen LogP contribution in [0.3, 0.4) is 0 Å². The summed E-state index contributed by atoms with van der Waals surface area (Å²) in [4.78, 5) is 41.8. The normalized spacial score (nSPS) is 22.4. The molecule has 1 aliphatic carbocycles. The Morgan fingerprint density at radius 3 is 2.68 bits per heavy atom. The fourth-order valence-corrected chi connectivity index (χ4v) is 5.52. The van der Waals surface area contributed by atoms with Crippen molar-refractivity contribution in [2.75, 3.05) is 19.7 Å². The van der Waals surface area contributed by atoms with Crippen molar-refractivity contribution in [3.05, 3.63) is 31.3 Å². The Hall–Kier alpha value is -2.13. The summed E-state index contributed by atoms with van der Waals surface area (Å²) in [7, 11) is 0. The van der Waals surface area contributed by atoms with E-state index in [1.165, 1.54) is 15.9 Å². The van der Waals surface area contributed by atoms with Gasteiger partial charge in [-0.2, -0.15) is 0 Å². The first-order chi connectivity index (χ1) is 13.5. The number of hydrogen-bond donors (Lipinski definition) is 1. The van der Waals surface area contributed by atoms with Gasteiger partial charge in [-0.1, -0.05) is 0 Å². The smallest absolute Gasteiger partial charge is 0.332 e. The molecule has 2 saturated heterocycles. The van der Waals surface area contributed by atoms with Crippen LogP contribution in [0.15, 0.2) is 9.59 Å². The molecule has 2 aliphatic heterocycles. The highest BCUT2D eigenvalue weighted by Crippen LogP contribution is 2.35. The molecule has 3 aliphatic rings. The third kappa shape index (κ3) is 2.88. The van der Waals surface area contributed by atoms with Gasteiger partial charge in [0.25, 0.3) is 5.56 Å². The van der Waals surface area contributed by atoms with Crippen LogP contribution in [0.25, 0.3) is 10.2 Å². The van der Waals surface area contributed by atoms with Crippen LogP contribution < -0.4 is 16.6 Å². The average molecular weight is 404 g/mol. The number of fused-ring (bicyclic) bond motifs is 1. The zero-order valence-corrected chi connectivity index (χ0v) is 16.7. The van der Waals surface area contributed by atoms with Gasteiger partial charge in [-0.15, -0.1) is 11.3 Å². The minimum absolute atomic E-state index is 0.0151. The van der Waals surface area contributed by atoms with Crippen molar-refractivity contribution in [3.8, 4) is 0 Å². The number of carbonyl (C=O) groups excluding carboxylic acids is 1. The van der Waals surface area contributed by atoms with Crippen molar-refractivity contribution < 1.29 is 9.53 Å². The van der Waals surface area contributed by atoms with Crippen molar-refractivity contribution in [3.63, 3.8) is 0 Å². The summed E-state index contributed by atoms with van der Waals surface area (Å²) < 4.78 is 8.96. The Morgan fingerprint density at radius 2 is 2.04 bits per heavy atom. The molecule has 2 aromatic heterocycles. The van der Waals surface area contributed by atoms with E-state index in [9.17, 15) is 14.4 Å². The maximum absolute atomic E-state index is 13.2. The second kappa shape index (κ2) is 6.73. The van der Waals surface area contributed by atoms with Crippen LogP contribution in [0.4, 0.5) is 4.79 Å². The van der Waals surface area contributed by atoms with Crippen LogP contribution in [0.1, 0.15) is 42.2 Å². The lowest BCUT2D eigenvalue weighted by atomic mass is 10.2. The van der Waals surface area contributed by atoms with E-state index in [1.807, 2.05) is 6.92 Å². The van der Waals surface area contributed by atoms with Crippen molar-refractivity contribution in [2.45, 2.75) is 57.8 Å². The first-order valence-corrected chi connectivity index (χ1v) is 10.8. The summed E-state index contributed by atoms with van der Waals surface area (Å²) in [5.41, 5.74) is 0.486. The van der Waals surface area contributed by atoms with Crippen LogP contribution in [-0.4, -0.2) is 45.9 Å². The largest absolute Gasteiger partial charge is 0.376 e. The fraction of sp³-hybridized carbons (Fsp3) is 0.632. The molecular weight excluding hydrogens is 380 g/mol. The third-order valence-electron chi connectivity index (χ3n) is 5.94. The minimum Gasteiger partial charge on any atom is -0.376 e. The number of rotatable bonds is 5. The molecule has 4 heterocycles. The van der Waals surface area contributed by atoms with E-state index in [1.54, 1.807) is 9.47 Å². The van der Waals surface area contributed by atoms with Crippen LogP contribution in [-0.2, 0) is 17.8 Å². The first-order valence-electron chi connectivity index (χ1n) is 9.96. The standard InChI is InChI=1S/C19H24N4O4S/c1-11-14(10-21-7-6-20-18(21)25)28-17-15(11)16(24)23(12-4-5-12)19(26)22(17)9-13-3-2-8-27-13/h12-13H,2-10H2,1H3,(H,20,25). The average Bonchev–Trinajstić information content (AvgIpc) is 3.06. The van der Waals surface area contributed by atoms with E-state index in [-0.39, 0.29) is 29.4 Å². The lowest BCUT2D eigenvalue weighted by molar-refractivity contribution is 0.0966. The number of aryl methyl sites for hydroxylation is 1. The second-order valence-corrected chi connectivity index (χ2v) is 9.00. The Labute approximate surface area is 165 Å². The number of carbonyl (C=O) groups is 1. The molecule has 2 amide bonds. The molecule has 1 unspecified atom stereocenters. The molecule has 9 heteroatoms. The highest BCUT2D eigenvalue weighted by molar-refractivity contribution is 7.18. The monoisotopic (exact) mass is 404 g/mol. The van der Waals surface area contributed by atoms with Gasteiger partial charge in [0, 0.05) is 30.6 Å². The lowest BCUT2D eigenvalue weighted by Gasteiger charge is -2.15. The maximum Gasteiger partial charge on any atom is 0.332 e. The predicted molar refractivity (Wildman–Crippen MR) is 106 cm³/mol. The second-order valence-electron chi connectivity index (χ2n) is 7.92. The number of aromatic nitrogens is 2. The van der Waals surface area contributed by atoms with Crippen LogP contribution in [0.2, 0.25) is 0 Å². The molecule has 28 heavy (non-hydrogen) atoms. The molecule has 0 aromatic carbocycles. The number of urea groups is 1. The summed E-state index contributed by atoms with van der Waals surface area (Å²) in [6.45, 7) is 4.90. The quantitative estimate of drug-likeness (QED) is 0.820. The minimum atomic E-state index is -0.220. The van der Waals surface area contributed by atoms with Gasteiger partial charge in [0.05, 0.1) is 24.6 Å². The van der Waals surface area contributed by atoms with Gasteiger partial charge >= 0.3 is 11.7 Å². The molecule has 0 radical (unpaired) electrons. The summed E-state index contributed by atoms with van der Waals surface area (Å²) in [5, 5.41) is 3.44. The van der Waals surface area contributed by atoms with Gasteiger partial charge in [0.2, 0.25) is 0 Å². The van der Waals surface area contributed by atoms with Crippen molar-refractivity contribution >= 4 is 27.6 Å². The summed E-state index contributed by atoms with van der Waals surface area (Å²) in [6, 6.07) is -0.0590. The van der Waals surface area contributed by atoms with Crippen molar-refractivity contribution in [1.82, 2.24) is 19.4 Å². The topological polar surface area (TPSA) is 85.6 Å². The van der Waals surface area contributed by atoms with E-state index < -0.39 is 0 Å². The van der Waals surface area contributed by atoms with E-state index in [4.69, 9.17) is 4.74 Å². The predicted octanol–water partition coefficient (Wildman–Crippen LogP) is 1.57. The van der Waals surface area contributed by atoms with Crippen LogP contribution in [0, 0.1) is 6.92 Å². The van der Waals surface area contributed by atoms with E-state index in [2.05, 4.69) is 5.32 Å². The third-order valence-corrected chi connectivity index (χ3v) is 7.24. The number of hydrogen-bond acceptors (Lipinski definition) is 5. The molecule has 5 rings (SSSR count). The molecule has 1 atom stereocenters. The Bertz CT molecular complexity index is 1060. The van der Waals surface area contributed by atoms with Gasteiger partial charge in [-0.25, -0.2) is 9.59 Å². The molecule has 8 nitrogen and oxygen atoms in total. The highest BCUT2D eigenvalue weighted by Gasteiger charge is 2.32. The number of nitrogens with zero attached hydrogens (tertiary/aromatic N) is 3. The van der Waals surface area contributed by atoms with Gasteiger partial charge in [0.15, 0.2) is 0 Å². The highest BCUT2D eigenvalue weighted by atomic mass is 32.1. The van der Waals surface area contributed by atoms with E-state index in [0.29, 0.717) is 31.6 Å². The van der Waals surface area contributed by atoms with Crippen LogP contribution >= 0.6 is 11.3 Å². The summed E-state index contributed by atoms with van der Waals surface area (Å²) in [6.07, 6.45) is 3.71. The SMILES string of the molecule is Cc1c(CN2CCNC2=O)sc2c1c(=O)n(C1CC1)c(=O)n2CC1CCCO1. The molecule has 1 saturated carbocycles. The van der Waals surface area contributed by atoms with E-state index in [0.717, 1.165) is 47.6 Å². The summed E-state index contributed by atoms with van der Waals surface area (Å²) in [5.74, 6) is 0. The van der Waals surface area contributed by atoms with Gasteiger partial charge in [-0.05, 0) is 38.2 Å². The molecule has 150 valence electrons. The van der Waals surface area contributed by atoms with Crippen molar-refractivity contribution in [1.29, 1.82) is 0 Å². The number of nitrogens with one attached hydrogen (secondary N) is 1. The molecular formula is C19H24N4O4S. The molecule has 0 spiro atoms. The molecule has 0 bridgehead atoms. The number of ether oxygens (including phenoxy) is 1. The fourth-order valence-electron chi connectivity index (χ4n) is 4.20. The zero-order chi connectivity index (χ0) is 19.4. The number of thiophene rings is 1. The Morgan fingerprint density at radius 1 is 1.21 bits per heavy atom. The molecule has 1 N–H and O–H groups in total. The Kier molecular flexibility index (Phi) is 4.31. The summed E-state index contributed by atoms with van der Waals surface area (Å²) >= 11 is 1.46. The molecule has 3 fully saturated rings. The maximum atomic E-state index is 13.2. The zero-order valence-electron chi connectivity index (χ0n) is 15.9. The van der Waals surface area contributed by atoms with Gasteiger partial charge in [-0.3, -0.25) is 13.9 Å². The van der Waals surface area contributed by atoms with E-state index >= 15 is 0 Å².